The predicted molar refractivity (Wildman–Crippen MR) is 38.2 cm³/mol. The van der Waals surface area contributed by atoms with Crippen molar-refractivity contribution < 1.29 is 0 Å². The lowest BCUT2D eigenvalue weighted by Gasteiger charge is -1.92. The van der Waals surface area contributed by atoms with E-state index >= 15 is 0 Å². The molecule has 0 N–H and O–H groups in total. The molecule has 0 aliphatic rings. The van der Waals surface area contributed by atoms with Gasteiger partial charge in [0.05, 0.1) is 0 Å². The molecule has 46 valence electrons. The summed E-state index contributed by atoms with van der Waals surface area (Å²) >= 11 is 0. The molecule has 0 bridgehead atoms. The van der Waals surface area contributed by atoms with Crippen LogP contribution in [0.25, 0.3) is 0 Å². The highest BCUT2D eigenvalue weighted by Gasteiger charge is 1.84. The molecule has 1 heteroatoms. The van der Waals surface area contributed by atoms with Crippen molar-refractivity contribution in [2.24, 2.45) is 4.99 Å². The van der Waals surface area contributed by atoms with Crippen molar-refractivity contribution in [1.29, 1.82) is 0 Å². The van der Waals surface area contributed by atoms with Gasteiger partial charge in [-0.25, -0.2) is 0 Å². The van der Waals surface area contributed by atoms with Crippen molar-refractivity contribution in [3.63, 3.8) is 0 Å². The molecule has 0 saturated heterocycles. The molecule has 1 nitrogen and oxygen atoms in total. The largest absolute Gasteiger partial charge is 0.269 e. The molecule has 0 aromatic heterocycles. The van der Waals surface area contributed by atoms with Crippen LogP contribution in [0.1, 0.15) is 26.7 Å². The van der Waals surface area contributed by atoms with Gasteiger partial charge in [-0.15, -0.1) is 0 Å². The second-order valence-corrected chi connectivity index (χ2v) is 1.69. The molecule has 8 heavy (non-hydrogen) atoms. The molecule has 0 rings (SSSR count). The van der Waals surface area contributed by atoms with Gasteiger partial charge in [0.15, 0.2) is 0 Å². The number of allylic oxidation sites excluding steroid dienone is 2. The summed E-state index contributed by atoms with van der Waals surface area (Å²) in [4.78, 5) is 3.81. The first-order valence-electron chi connectivity index (χ1n) is 2.97. The molecule has 0 aromatic carbocycles. The van der Waals surface area contributed by atoms with Gasteiger partial charge < -0.3 is 0 Å². The van der Waals surface area contributed by atoms with E-state index in [9.17, 15) is 0 Å². The Balaban J connectivity index is 3.54. The van der Waals surface area contributed by atoms with Gasteiger partial charge in [-0.3, -0.25) is 4.99 Å². The second-order valence-electron chi connectivity index (χ2n) is 1.69. The number of hydrogen-bond acceptors (Lipinski definition) is 1. The normalized spacial score (nSPS) is 11.5. The van der Waals surface area contributed by atoms with Crippen LogP contribution in [0.15, 0.2) is 16.8 Å². The van der Waals surface area contributed by atoms with Crippen LogP contribution in [0.3, 0.4) is 0 Å². The molecule has 0 unspecified atom stereocenters. The van der Waals surface area contributed by atoms with E-state index in [1.165, 1.54) is 0 Å². The summed E-state index contributed by atoms with van der Waals surface area (Å²) in [5, 5.41) is 0. The van der Waals surface area contributed by atoms with Gasteiger partial charge in [0, 0.05) is 5.70 Å². The first-order valence-corrected chi connectivity index (χ1v) is 2.97. The summed E-state index contributed by atoms with van der Waals surface area (Å²) in [5.41, 5.74) is 1.10. The van der Waals surface area contributed by atoms with E-state index in [1.54, 1.807) is 0 Å². The molecular formula is C7H13N. The lowest BCUT2D eigenvalue weighted by molar-refractivity contribution is 0.893. The molecule has 0 saturated carbocycles. The Labute approximate surface area is 51.1 Å². The molecule has 0 heterocycles. The quantitative estimate of drug-likeness (QED) is 0.496. The van der Waals surface area contributed by atoms with Gasteiger partial charge in [-0.2, -0.15) is 0 Å². The number of hydrogen-bond donors (Lipinski definition) is 0. The first kappa shape index (κ1) is 7.41. The Morgan fingerprint density at radius 2 is 2.38 bits per heavy atom. The smallest absolute Gasteiger partial charge is 0.0353 e. The maximum atomic E-state index is 3.81. The van der Waals surface area contributed by atoms with Crippen LogP contribution in [0, 0.1) is 0 Å². The SMILES string of the molecule is C=N/C(=C/C)CCC. The van der Waals surface area contributed by atoms with Crippen molar-refractivity contribution in [3.8, 4) is 0 Å². The first-order chi connectivity index (χ1) is 3.85. The van der Waals surface area contributed by atoms with E-state index in [2.05, 4.69) is 18.6 Å². The van der Waals surface area contributed by atoms with Crippen molar-refractivity contribution in [3.05, 3.63) is 11.8 Å². The molecule has 0 fully saturated rings. The molecule has 0 aliphatic carbocycles. The van der Waals surface area contributed by atoms with Gasteiger partial charge in [-0.1, -0.05) is 19.4 Å². The summed E-state index contributed by atoms with van der Waals surface area (Å²) in [6.07, 6.45) is 4.20. The van der Waals surface area contributed by atoms with Crippen molar-refractivity contribution in [2.45, 2.75) is 26.7 Å². The Kier molecular flexibility index (Phi) is 4.23. The third-order valence-corrected chi connectivity index (χ3v) is 1.04. The fraction of sp³-hybridized carbons (Fsp3) is 0.571. The summed E-state index contributed by atoms with van der Waals surface area (Å²) in [7, 11) is 0. The Morgan fingerprint density at radius 1 is 1.75 bits per heavy atom. The summed E-state index contributed by atoms with van der Waals surface area (Å²) < 4.78 is 0. The molecule has 0 amide bonds. The Bertz CT molecular complexity index is 92.6. The second kappa shape index (κ2) is 4.57. The van der Waals surface area contributed by atoms with Crippen LogP contribution in [0.5, 0.6) is 0 Å². The molecule has 0 radical (unpaired) electrons. The highest BCUT2D eigenvalue weighted by atomic mass is 14.7. The predicted octanol–water partition coefficient (Wildman–Crippen LogP) is 2.39. The standard InChI is InChI=1S/C7H13N/c1-4-6-7(5-2)8-3/h5H,3-4,6H2,1-2H3/b7-5+. The van der Waals surface area contributed by atoms with E-state index in [1.807, 2.05) is 13.0 Å². The van der Waals surface area contributed by atoms with Gasteiger partial charge in [-0.05, 0) is 20.1 Å². The highest BCUT2D eigenvalue weighted by molar-refractivity contribution is 5.28. The number of aliphatic imine (C=N–C) groups is 1. The van der Waals surface area contributed by atoms with Crippen LogP contribution >= 0.6 is 0 Å². The van der Waals surface area contributed by atoms with Crippen LogP contribution in [0.4, 0.5) is 0 Å². The Hall–Kier alpha value is -0.590. The lowest BCUT2D eigenvalue weighted by atomic mass is 10.2. The maximum Gasteiger partial charge on any atom is 0.0353 e. The fourth-order valence-corrected chi connectivity index (χ4v) is 0.571. The van der Waals surface area contributed by atoms with Crippen LogP contribution < -0.4 is 0 Å². The van der Waals surface area contributed by atoms with Gasteiger partial charge in [0.2, 0.25) is 0 Å². The van der Waals surface area contributed by atoms with Gasteiger partial charge in [0.1, 0.15) is 0 Å². The van der Waals surface area contributed by atoms with Gasteiger partial charge >= 0.3 is 0 Å². The number of nitrogens with zero attached hydrogens (tertiary/aromatic N) is 1. The van der Waals surface area contributed by atoms with Gasteiger partial charge in [0.25, 0.3) is 0 Å². The molecule has 0 atom stereocenters. The van der Waals surface area contributed by atoms with Crippen LogP contribution in [0.2, 0.25) is 0 Å². The monoisotopic (exact) mass is 111 g/mol. The van der Waals surface area contributed by atoms with Crippen LogP contribution in [-0.2, 0) is 0 Å². The summed E-state index contributed by atoms with van der Waals surface area (Å²) in [6, 6.07) is 0. The average Bonchev–Trinajstić information content (AvgIpc) is 1.83. The third-order valence-electron chi connectivity index (χ3n) is 1.04. The maximum absolute atomic E-state index is 3.81. The minimum Gasteiger partial charge on any atom is -0.269 e. The van der Waals surface area contributed by atoms with Crippen molar-refractivity contribution in [2.75, 3.05) is 0 Å². The zero-order valence-electron chi connectivity index (χ0n) is 5.65. The minimum absolute atomic E-state index is 1.06. The summed E-state index contributed by atoms with van der Waals surface area (Å²) in [6.45, 7) is 7.55. The van der Waals surface area contributed by atoms with Crippen molar-refractivity contribution >= 4 is 6.72 Å². The van der Waals surface area contributed by atoms with E-state index in [0.717, 1.165) is 18.5 Å². The minimum atomic E-state index is 1.06. The van der Waals surface area contributed by atoms with E-state index < -0.39 is 0 Å². The average molecular weight is 111 g/mol. The van der Waals surface area contributed by atoms with E-state index in [4.69, 9.17) is 0 Å². The zero-order chi connectivity index (χ0) is 6.41. The topological polar surface area (TPSA) is 12.4 Å². The van der Waals surface area contributed by atoms with Crippen LogP contribution in [-0.4, -0.2) is 6.72 Å². The third kappa shape index (κ3) is 2.56. The fourth-order valence-electron chi connectivity index (χ4n) is 0.571. The highest BCUT2D eigenvalue weighted by Crippen LogP contribution is 2.03. The molecule has 0 aliphatic heterocycles. The summed E-state index contributed by atoms with van der Waals surface area (Å²) in [5.74, 6) is 0. The Morgan fingerprint density at radius 3 is 2.50 bits per heavy atom. The van der Waals surface area contributed by atoms with Crippen molar-refractivity contribution in [1.82, 2.24) is 0 Å². The lowest BCUT2D eigenvalue weighted by Crippen LogP contribution is -1.73. The zero-order valence-corrected chi connectivity index (χ0v) is 5.65. The van der Waals surface area contributed by atoms with E-state index in [0.29, 0.717) is 0 Å². The molecule has 0 aromatic rings. The van der Waals surface area contributed by atoms with E-state index in [-0.39, 0.29) is 0 Å². The molecular weight excluding hydrogens is 98.1 g/mol. The number of rotatable bonds is 3. The molecule has 0 spiro atoms.